The van der Waals surface area contributed by atoms with E-state index in [-0.39, 0.29) is 34.4 Å². The highest BCUT2D eigenvalue weighted by Crippen LogP contribution is 2.21. The van der Waals surface area contributed by atoms with E-state index in [0.717, 1.165) is 5.56 Å². The van der Waals surface area contributed by atoms with Gasteiger partial charge in [-0.25, -0.2) is 13.1 Å². The molecule has 9 heteroatoms. The molecule has 1 aliphatic rings. The van der Waals surface area contributed by atoms with Crippen molar-refractivity contribution in [1.29, 1.82) is 0 Å². The van der Waals surface area contributed by atoms with Gasteiger partial charge in [0.2, 0.25) is 21.8 Å². The number of carbonyl (C=O) groups is 2. The monoisotopic (exact) mass is 471 g/mol. The van der Waals surface area contributed by atoms with E-state index in [2.05, 4.69) is 10.0 Å². The van der Waals surface area contributed by atoms with Gasteiger partial charge in [-0.05, 0) is 74.7 Å². The van der Waals surface area contributed by atoms with Gasteiger partial charge < -0.3 is 15.3 Å². The molecule has 0 radical (unpaired) electrons. The van der Waals surface area contributed by atoms with Crippen LogP contribution in [0, 0.1) is 5.92 Å². The van der Waals surface area contributed by atoms with Crippen molar-refractivity contribution in [1.82, 2.24) is 9.62 Å². The molecule has 0 spiro atoms. The van der Waals surface area contributed by atoms with E-state index < -0.39 is 10.0 Å². The summed E-state index contributed by atoms with van der Waals surface area (Å²) in [6.07, 6.45) is 4.25. The lowest BCUT2D eigenvalue weighted by atomic mass is 9.95. The number of nitrogens with one attached hydrogen (secondary N) is 2. The zero-order chi connectivity index (χ0) is 24.0. The molecule has 2 aromatic carbocycles. The predicted molar refractivity (Wildman–Crippen MR) is 127 cm³/mol. The Balaban J connectivity index is 1.50. The molecule has 0 atom stereocenters. The molecule has 1 aliphatic heterocycles. The normalized spacial score (nSPS) is 15.2. The minimum atomic E-state index is -3.55. The van der Waals surface area contributed by atoms with E-state index in [4.69, 9.17) is 0 Å². The van der Waals surface area contributed by atoms with Crippen LogP contribution in [0.2, 0.25) is 0 Å². The number of sulfonamides is 1. The first-order valence-corrected chi connectivity index (χ1v) is 12.3. The Labute approximate surface area is 194 Å². The van der Waals surface area contributed by atoms with Crippen molar-refractivity contribution in [2.45, 2.75) is 37.6 Å². The zero-order valence-electron chi connectivity index (χ0n) is 18.7. The van der Waals surface area contributed by atoms with Gasteiger partial charge in [-0.3, -0.25) is 9.59 Å². The molecule has 1 saturated heterocycles. The fourth-order valence-corrected chi connectivity index (χ4v) is 4.81. The number of amides is 2. The quantitative estimate of drug-likeness (QED) is 0.424. The molecule has 2 aromatic rings. The molecule has 2 amide bonds. The van der Waals surface area contributed by atoms with Gasteiger partial charge in [-0.15, -0.1) is 0 Å². The molecule has 1 fully saturated rings. The van der Waals surface area contributed by atoms with Crippen LogP contribution in [0.4, 0.5) is 5.69 Å². The number of likely N-dealkylation sites (tertiary alicyclic amines) is 1. The number of aromatic hydroxyl groups is 1. The Hall–Kier alpha value is -3.17. The number of hydrogen-bond donors (Lipinski definition) is 3. The van der Waals surface area contributed by atoms with Crippen LogP contribution in [-0.2, 0) is 19.6 Å². The molecule has 0 saturated carbocycles. The summed E-state index contributed by atoms with van der Waals surface area (Å²) in [6, 6.07) is 12.4. The molecule has 3 rings (SSSR count). The van der Waals surface area contributed by atoms with Crippen LogP contribution in [-0.4, -0.2) is 49.4 Å². The summed E-state index contributed by atoms with van der Waals surface area (Å²) in [5.74, 6) is -0.284. The topological polar surface area (TPSA) is 116 Å². The Morgan fingerprint density at radius 1 is 1.03 bits per heavy atom. The van der Waals surface area contributed by atoms with Gasteiger partial charge in [0.25, 0.3) is 0 Å². The largest absolute Gasteiger partial charge is 0.508 e. The summed E-state index contributed by atoms with van der Waals surface area (Å²) in [4.78, 5) is 26.9. The van der Waals surface area contributed by atoms with Gasteiger partial charge in [0.05, 0.1) is 4.90 Å². The van der Waals surface area contributed by atoms with Gasteiger partial charge in [0.1, 0.15) is 5.75 Å². The van der Waals surface area contributed by atoms with Crippen molar-refractivity contribution in [2.24, 2.45) is 5.92 Å². The predicted octanol–water partition coefficient (Wildman–Crippen LogP) is 2.97. The van der Waals surface area contributed by atoms with Gasteiger partial charge in [-0.1, -0.05) is 12.1 Å². The minimum Gasteiger partial charge on any atom is -0.508 e. The van der Waals surface area contributed by atoms with E-state index in [9.17, 15) is 23.1 Å². The summed E-state index contributed by atoms with van der Waals surface area (Å²) in [5, 5.41) is 12.2. The van der Waals surface area contributed by atoms with Gasteiger partial charge in [0, 0.05) is 36.8 Å². The number of phenolic OH excluding ortho intramolecular Hbond substituents is 1. The fraction of sp³-hybridized carbons (Fsp3) is 0.333. The molecule has 0 aliphatic carbocycles. The maximum absolute atomic E-state index is 12.5. The standard InChI is InChI=1S/C24H29N3O5S/c1-17(2)26-33(31,32)22-10-3-18(4-11-22)5-12-23(29)27-15-13-19(14-16-27)24(30)25-20-6-8-21(28)9-7-20/h3-12,17,19,26,28H,13-16H2,1-2H3,(H,25,30)/b12-5+. The molecular weight excluding hydrogens is 442 g/mol. The molecule has 1 heterocycles. The second kappa shape index (κ2) is 10.6. The third-order valence-corrected chi connectivity index (χ3v) is 6.99. The number of phenols is 1. The molecular formula is C24H29N3O5S. The average molecular weight is 472 g/mol. The third-order valence-electron chi connectivity index (χ3n) is 5.31. The molecule has 0 bridgehead atoms. The van der Waals surface area contributed by atoms with Crippen molar-refractivity contribution >= 4 is 33.6 Å². The molecule has 0 aromatic heterocycles. The Morgan fingerprint density at radius 3 is 2.21 bits per heavy atom. The van der Waals surface area contributed by atoms with Gasteiger partial charge >= 0.3 is 0 Å². The number of benzene rings is 2. The maximum Gasteiger partial charge on any atom is 0.246 e. The van der Waals surface area contributed by atoms with Crippen LogP contribution in [0.3, 0.4) is 0 Å². The van der Waals surface area contributed by atoms with Crippen LogP contribution in [0.25, 0.3) is 6.08 Å². The highest BCUT2D eigenvalue weighted by atomic mass is 32.2. The average Bonchev–Trinajstić information content (AvgIpc) is 2.78. The smallest absolute Gasteiger partial charge is 0.246 e. The Kier molecular flexibility index (Phi) is 7.88. The minimum absolute atomic E-state index is 0.0923. The molecule has 8 nitrogen and oxygen atoms in total. The fourth-order valence-electron chi connectivity index (χ4n) is 3.56. The van der Waals surface area contributed by atoms with E-state index in [0.29, 0.717) is 31.6 Å². The second-order valence-electron chi connectivity index (χ2n) is 8.31. The number of anilines is 1. The van der Waals surface area contributed by atoms with Crippen LogP contribution >= 0.6 is 0 Å². The van der Waals surface area contributed by atoms with E-state index in [1.807, 2.05) is 0 Å². The highest BCUT2D eigenvalue weighted by molar-refractivity contribution is 7.89. The van der Waals surface area contributed by atoms with Crippen molar-refractivity contribution in [2.75, 3.05) is 18.4 Å². The summed E-state index contributed by atoms with van der Waals surface area (Å²) in [7, 11) is -3.55. The SMILES string of the molecule is CC(C)NS(=O)(=O)c1ccc(/C=C/C(=O)N2CCC(C(=O)Nc3ccc(O)cc3)CC2)cc1. The van der Waals surface area contributed by atoms with Gasteiger partial charge in [-0.2, -0.15) is 0 Å². The second-order valence-corrected chi connectivity index (χ2v) is 10.0. The lowest BCUT2D eigenvalue weighted by molar-refractivity contribution is -0.130. The van der Waals surface area contributed by atoms with Crippen molar-refractivity contribution in [3.8, 4) is 5.75 Å². The Morgan fingerprint density at radius 2 is 1.64 bits per heavy atom. The van der Waals surface area contributed by atoms with Crippen LogP contribution < -0.4 is 10.0 Å². The van der Waals surface area contributed by atoms with Crippen LogP contribution in [0.5, 0.6) is 5.75 Å². The molecule has 0 unspecified atom stereocenters. The number of nitrogens with zero attached hydrogens (tertiary/aromatic N) is 1. The summed E-state index contributed by atoms with van der Waals surface area (Å²) in [6.45, 7) is 4.47. The first-order chi connectivity index (χ1) is 15.6. The third kappa shape index (κ3) is 6.90. The highest BCUT2D eigenvalue weighted by Gasteiger charge is 2.26. The van der Waals surface area contributed by atoms with Gasteiger partial charge in [0.15, 0.2) is 0 Å². The molecule has 176 valence electrons. The van der Waals surface area contributed by atoms with E-state index in [1.54, 1.807) is 49.1 Å². The number of carbonyl (C=O) groups excluding carboxylic acids is 2. The van der Waals surface area contributed by atoms with Crippen LogP contribution in [0.15, 0.2) is 59.5 Å². The number of piperidine rings is 1. The number of hydrogen-bond acceptors (Lipinski definition) is 5. The zero-order valence-corrected chi connectivity index (χ0v) is 19.5. The lowest BCUT2D eigenvalue weighted by Crippen LogP contribution is -2.40. The van der Waals surface area contributed by atoms with Crippen LogP contribution in [0.1, 0.15) is 32.3 Å². The van der Waals surface area contributed by atoms with Crippen molar-refractivity contribution in [3.05, 3.63) is 60.2 Å². The first-order valence-electron chi connectivity index (χ1n) is 10.8. The Bertz CT molecular complexity index is 1100. The van der Waals surface area contributed by atoms with Crippen molar-refractivity contribution < 1.29 is 23.1 Å². The summed E-state index contributed by atoms with van der Waals surface area (Å²) < 4.78 is 26.9. The summed E-state index contributed by atoms with van der Waals surface area (Å²) in [5.41, 5.74) is 1.34. The number of rotatable bonds is 7. The molecule has 3 N–H and O–H groups in total. The van der Waals surface area contributed by atoms with Crippen molar-refractivity contribution in [3.63, 3.8) is 0 Å². The first kappa shape index (κ1) is 24.5. The lowest BCUT2D eigenvalue weighted by Gasteiger charge is -2.30. The summed E-state index contributed by atoms with van der Waals surface area (Å²) >= 11 is 0. The van der Waals surface area contributed by atoms with E-state index >= 15 is 0 Å². The molecule has 33 heavy (non-hydrogen) atoms. The maximum atomic E-state index is 12.5. The van der Waals surface area contributed by atoms with E-state index in [1.165, 1.54) is 30.3 Å².